The van der Waals surface area contributed by atoms with Crippen LogP contribution in [0.25, 0.3) is 11.1 Å². The molecule has 33 heavy (non-hydrogen) atoms. The minimum atomic E-state index is -0.259. The maximum atomic E-state index is 13.1. The van der Waals surface area contributed by atoms with E-state index in [1.807, 2.05) is 31.4 Å². The van der Waals surface area contributed by atoms with E-state index >= 15 is 0 Å². The standard InChI is InChI=1S/C24H29N5O4/c1-29-13-17(12-27-29)16-10-18(23(25)26-11-16)24(30)28-19-7-5-8-20(19)33-14-15-6-4-9-21(31-2)22(15)32-3/h4,6,9-13,19-20H,5,7-8,14H2,1-3H3,(H2,25,26)(H,28,30)/t19-,20-/m0/s1. The first-order valence-corrected chi connectivity index (χ1v) is 10.9. The maximum absolute atomic E-state index is 13.1. The Labute approximate surface area is 192 Å². The molecule has 3 N–H and O–H groups in total. The molecule has 1 amide bonds. The van der Waals surface area contributed by atoms with Crippen molar-refractivity contribution in [1.29, 1.82) is 0 Å². The van der Waals surface area contributed by atoms with Gasteiger partial charge in [0.15, 0.2) is 11.5 Å². The zero-order valence-electron chi connectivity index (χ0n) is 19.1. The van der Waals surface area contributed by atoms with Gasteiger partial charge in [0.2, 0.25) is 0 Å². The minimum Gasteiger partial charge on any atom is -0.493 e. The van der Waals surface area contributed by atoms with Crippen LogP contribution in [0.1, 0.15) is 35.2 Å². The molecule has 1 aliphatic rings. The van der Waals surface area contributed by atoms with E-state index in [1.54, 1.807) is 37.4 Å². The number of amides is 1. The Bertz CT molecular complexity index is 1130. The second kappa shape index (κ2) is 9.91. The molecule has 1 aromatic carbocycles. The van der Waals surface area contributed by atoms with Crippen molar-refractivity contribution in [2.24, 2.45) is 7.05 Å². The van der Waals surface area contributed by atoms with Crippen LogP contribution in [-0.4, -0.2) is 47.0 Å². The maximum Gasteiger partial charge on any atom is 0.255 e. The summed E-state index contributed by atoms with van der Waals surface area (Å²) < 4.78 is 18.8. The molecule has 9 nitrogen and oxygen atoms in total. The fourth-order valence-corrected chi connectivity index (χ4v) is 4.19. The first-order valence-electron chi connectivity index (χ1n) is 10.9. The average molecular weight is 452 g/mol. The SMILES string of the molecule is COc1cccc(CO[C@H]2CCC[C@@H]2NC(=O)c2cc(-c3cnn(C)c3)cnc2N)c1OC. The lowest BCUT2D eigenvalue weighted by Gasteiger charge is -2.22. The van der Waals surface area contributed by atoms with Gasteiger partial charge in [0.1, 0.15) is 5.82 Å². The highest BCUT2D eigenvalue weighted by Crippen LogP contribution is 2.32. The lowest BCUT2D eigenvalue weighted by molar-refractivity contribution is 0.0262. The first-order chi connectivity index (χ1) is 16.0. The Kier molecular flexibility index (Phi) is 6.79. The van der Waals surface area contributed by atoms with Gasteiger partial charge in [-0.25, -0.2) is 4.98 Å². The molecule has 0 spiro atoms. The van der Waals surface area contributed by atoms with Crippen LogP contribution < -0.4 is 20.5 Å². The van der Waals surface area contributed by atoms with E-state index < -0.39 is 0 Å². The molecule has 2 aromatic heterocycles. The van der Waals surface area contributed by atoms with Gasteiger partial charge in [-0.1, -0.05) is 12.1 Å². The molecule has 1 aliphatic carbocycles. The molecule has 4 rings (SSSR count). The average Bonchev–Trinajstić information content (AvgIpc) is 3.46. The van der Waals surface area contributed by atoms with Crippen LogP contribution in [0.3, 0.4) is 0 Å². The molecule has 0 aliphatic heterocycles. The highest BCUT2D eigenvalue weighted by Gasteiger charge is 2.30. The van der Waals surface area contributed by atoms with Gasteiger partial charge in [-0.2, -0.15) is 5.10 Å². The molecule has 1 saturated carbocycles. The molecule has 0 saturated heterocycles. The van der Waals surface area contributed by atoms with Gasteiger partial charge in [-0.15, -0.1) is 0 Å². The molecule has 2 heterocycles. The summed E-state index contributed by atoms with van der Waals surface area (Å²) in [6.45, 7) is 0.359. The number of carbonyl (C=O) groups is 1. The number of nitrogens with one attached hydrogen (secondary N) is 1. The number of aryl methyl sites for hydroxylation is 1. The van der Waals surface area contributed by atoms with Crippen LogP contribution >= 0.6 is 0 Å². The van der Waals surface area contributed by atoms with E-state index in [1.165, 1.54) is 0 Å². The van der Waals surface area contributed by atoms with Crippen molar-refractivity contribution in [1.82, 2.24) is 20.1 Å². The highest BCUT2D eigenvalue weighted by molar-refractivity contribution is 5.99. The highest BCUT2D eigenvalue weighted by atomic mass is 16.5. The van der Waals surface area contributed by atoms with Crippen molar-refractivity contribution >= 4 is 11.7 Å². The fraction of sp³-hybridized carbons (Fsp3) is 0.375. The van der Waals surface area contributed by atoms with Crippen molar-refractivity contribution in [3.63, 3.8) is 0 Å². The van der Waals surface area contributed by atoms with Crippen LogP contribution in [0, 0.1) is 0 Å². The Balaban J connectivity index is 1.44. The Morgan fingerprint density at radius 3 is 2.79 bits per heavy atom. The largest absolute Gasteiger partial charge is 0.493 e. The van der Waals surface area contributed by atoms with Crippen molar-refractivity contribution < 1.29 is 19.0 Å². The summed E-state index contributed by atoms with van der Waals surface area (Å²) in [4.78, 5) is 17.3. The topological polar surface area (TPSA) is 114 Å². The number of para-hydroxylation sites is 1. The molecule has 0 bridgehead atoms. The van der Waals surface area contributed by atoms with E-state index in [4.69, 9.17) is 19.9 Å². The van der Waals surface area contributed by atoms with Crippen molar-refractivity contribution in [2.45, 2.75) is 38.0 Å². The number of aromatic nitrogens is 3. The number of pyridine rings is 1. The van der Waals surface area contributed by atoms with Gasteiger partial charge in [0.05, 0.1) is 44.7 Å². The number of rotatable bonds is 8. The monoisotopic (exact) mass is 451 g/mol. The summed E-state index contributed by atoms with van der Waals surface area (Å²) >= 11 is 0. The van der Waals surface area contributed by atoms with Gasteiger partial charge in [0, 0.05) is 36.1 Å². The third-order valence-electron chi connectivity index (χ3n) is 5.91. The summed E-state index contributed by atoms with van der Waals surface area (Å²) in [5, 5.41) is 7.27. The van der Waals surface area contributed by atoms with Crippen molar-refractivity contribution in [2.75, 3.05) is 20.0 Å². The number of hydrogen-bond acceptors (Lipinski definition) is 7. The third-order valence-corrected chi connectivity index (χ3v) is 5.91. The number of nitrogens with two attached hydrogens (primary N) is 1. The van der Waals surface area contributed by atoms with Crippen molar-refractivity contribution in [3.05, 3.63) is 54.0 Å². The van der Waals surface area contributed by atoms with Gasteiger partial charge >= 0.3 is 0 Å². The Morgan fingerprint density at radius 2 is 2.06 bits per heavy atom. The molecule has 2 atom stereocenters. The zero-order chi connectivity index (χ0) is 23.4. The van der Waals surface area contributed by atoms with E-state index in [0.29, 0.717) is 23.7 Å². The Morgan fingerprint density at radius 1 is 1.21 bits per heavy atom. The van der Waals surface area contributed by atoms with E-state index in [-0.39, 0.29) is 23.9 Å². The first kappa shape index (κ1) is 22.6. The van der Waals surface area contributed by atoms with Crippen LogP contribution in [0.15, 0.2) is 42.9 Å². The number of nitrogens with zero attached hydrogens (tertiary/aromatic N) is 3. The van der Waals surface area contributed by atoms with E-state index in [2.05, 4.69) is 15.4 Å². The van der Waals surface area contributed by atoms with Crippen LogP contribution in [0.5, 0.6) is 11.5 Å². The van der Waals surface area contributed by atoms with Gasteiger partial charge < -0.3 is 25.3 Å². The van der Waals surface area contributed by atoms with Gasteiger partial charge in [-0.05, 0) is 31.4 Å². The van der Waals surface area contributed by atoms with E-state index in [9.17, 15) is 4.79 Å². The molecule has 0 unspecified atom stereocenters. The molecule has 174 valence electrons. The van der Waals surface area contributed by atoms with Crippen LogP contribution in [0.2, 0.25) is 0 Å². The summed E-state index contributed by atoms with van der Waals surface area (Å²) in [7, 11) is 5.05. The second-order valence-electron chi connectivity index (χ2n) is 8.07. The van der Waals surface area contributed by atoms with Gasteiger partial charge in [0.25, 0.3) is 5.91 Å². The normalized spacial score (nSPS) is 17.7. The summed E-state index contributed by atoms with van der Waals surface area (Å²) in [6, 6.07) is 7.33. The fourth-order valence-electron chi connectivity index (χ4n) is 4.19. The molecule has 1 fully saturated rings. The predicted molar refractivity (Wildman–Crippen MR) is 124 cm³/mol. The van der Waals surface area contributed by atoms with Crippen LogP contribution in [0.4, 0.5) is 5.82 Å². The lowest BCUT2D eigenvalue weighted by atomic mass is 10.1. The number of carbonyl (C=O) groups excluding carboxylic acids is 1. The number of benzene rings is 1. The Hall–Kier alpha value is -3.59. The molecular weight excluding hydrogens is 422 g/mol. The smallest absolute Gasteiger partial charge is 0.255 e. The van der Waals surface area contributed by atoms with E-state index in [0.717, 1.165) is 36.0 Å². The second-order valence-corrected chi connectivity index (χ2v) is 8.07. The summed E-state index contributed by atoms with van der Waals surface area (Å²) in [6.07, 6.45) is 7.79. The lowest BCUT2D eigenvalue weighted by Crippen LogP contribution is -2.41. The quantitative estimate of drug-likeness (QED) is 0.541. The number of methoxy groups -OCH3 is 2. The minimum absolute atomic E-state index is 0.111. The number of anilines is 1. The number of ether oxygens (including phenoxy) is 3. The van der Waals surface area contributed by atoms with Crippen LogP contribution in [-0.2, 0) is 18.4 Å². The summed E-state index contributed by atoms with van der Waals surface area (Å²) in [5.41, 5.74) is 8.92. The number of nitrogen functional groups attached to an aromatic ring is 1. The molecule has 0 radical (unpaired) electrons. The zero-order valence-corrected chi connectivity index (χ0v) is 19.1. The van der Waals surface area contributed by atoms with Gasteiger partial charge in [-0.3, -0.25) is 9.48 Å². The predicted octanol–water partition coefficient (Wildman–Crippen LogP) is 2.95. The molecular formula is C24H29N5O4. The third kappa shape index (κ3) is 4.93. The number of hydrogen-bond donors (Lipinski definition) is 2. The van der Waals surface area contributed by atoms with Crippen molar-refractivity contribution in [3.8, 4) is 22.6 Å². The summed E-state index contributed by atoms with van der Waals surface area (Å²) in [5.74, 6) is 1.25. The molecule has 3 aromatic rings. The molecule has 9 heteroatoms.